The van der Waals surface area contributed by atoms with Gasteiger partial charge in [0.25, 0.3) is 5.91 Å². The van der Waals surface area contributed by atoms with Crippen LogP contribution in [0, 0.1) is 11.8 Å². The summed E-state index contributed by atoms with van der Waals surface area (Å²) in [6.45, 7) is 4.21. The number of fused-ring (bicyclic) bond motifs is 1. The van der Waals surface area contributed by atoms with E-state index in [1.807, 2.05) is 6.07 Å². The molecular weight excluding hydrogens is 414 g/mol. The SMILES string of the molecule is CCOC(=O)c1c(NC(=O)C(OC(=O)C2CC2)c2ccccc2)sc2c1CCC(C)C2. The summed E-state index contributed by atoms with van der Waals surface area (Å²) in [5.74, 6) is -0.826. The van der Waals surface area contributed by atoms with E-state index in [9.17, 15) is 14.4 Å². The summed E-state index contributed by atoms with van der Waals surface area (Å²) in [6.07, 6.45) is 3.18. The molecule has 0 bridgehead atoms. The Balaban J connectivity index is 1.63. The number of benzene rings is 1. The predicted octanol–water partition coefficient (Wildman–Crippen LogP) is 4.68. The minimum absolute atomic E-state index is 0.121. The predicted molar refractivity (Wildman–Crippen MR) is 118 cm³/mol. The lowest BCUT2D eigenvalue weighted by Gasteiger charge is -2.19. The summed E-state index contributed by atoms with van der Waals surface area (Å²) in [4.78, 5) is 39.4. The van der Waals surface area contributed by atoms with Gasteiger partial charge in [-0.15, -0.1) is 11.3 Å². The van der Waals surface area contributed by atoms with Gasteiger partial charge >= 0.3 is 11.9 Å². The van der Waals surface area contributed by atoms with E-state index in [-0.39, 0.29) is 18.5 Å². The molecule has 164 valence electrons. The van der Waals surface area contributed by atoms with E-state index in [2.05, 4.69) is 12.2 Å². The molecule has 31 heavy (non-hydrogen) atoms. The fourth-order valence-electron chi connectivity index (χ4n) is 3.87. The first-order valence-electron chi connectivity index (χ1n) is 10.9. The monoisotopic (exact) mass is 441 g/mol. The molecule has 0 saturated heterocycles. The fraction of sp³-hybridized carbons (Fsp3) is 0.458. The van der Waals surface area contributed by atoms with Gasteiger partial charge in [-0.05, 0) is 50.5 Å². The Morgan fingerprint density at radius 2 is 1.90 bits per heavy atom. The second-order valence-corrected chi connectivity index (χ2v) is 9.37. The third-order valence-corrected chi connectivity index (χ3v) is 6.88. The molecule has 7 heteroatoms. The van der Waals surface area contributed by atoms with Crippen molar-refractivity contribution in [1.82, 2.24) is 0 Å². The second-order valence-electron chi connectivity index (χ2n) is 8.27. The second kappa shape index (κ2) is 9.22. The largest absolute Gasteiger partial charge is 0.462 e. The van der Waals surface area contributed by atoms with Crippen LogP contribution in [0.4, 0.5) is 5.00 Å². The lowest BCUT2D eigenvalue weighted by atomic mass is 9.88. The number of hydrogen-bond acceptors (Lipinski definition) is 6. The summed E-state index contributed by atoms with van der Waals surface area (Å²) in [5, 5.41) is 3.36. The first-order valence-corrected chi connectivity index (χ1v) is 11.7. The Morgan fingerprint density at radius 3 is 2.58 bits per heavy atom. The number of amides is 1. The van der Waals surface area contributed by atoms with Crippen LogP contribution in [-0.2, 0) is 31.9 Å². The zero-order chi connectivity index (χ0) is 22.0. The Bertz CT molecular complexity index is 979. The Morgan fingerprint density at radius 1 is 1.16 bits per heavy atom. The van der Waals surface area contributed by atoms with Crippen LogP contribution in [0.3, 0.4) is 0 Å². The van der Waals surface area contributed by atoms with Gasteiger partial charge in [0.15, 0.2) is 0 Å². The van der Waals surface area contributed by atoms with Crippen molar-refractivity contribution in [1.29, 1.82) is 0 Å². The van der Waals surface area contributed by atoms with Crippen LogP contribution in [-0.4, -0.2) is 24.5 Å². The van der Waals surface area contributed by atoms with Crippen LogP contribution in [0.2, 0.25) is 0 Å². The van der Waals surface area contributed by atoms with Gasteiger partial charge < -0.3 is 14.8 Å². The van der Waals surface area contributed by atoms with E-state index in [0.717, 1.165) is 42.5 Å². The van der Waals surface area contributed by atoms with Crippen molar-refractivity contribution in [3.63, 3.8) is 0 Å². The van der Waals surface area contributed by atoms with E-state index in [0.29, 0.717) is 22.0 Å². The van der Waals surface area contributed by atoms with Crippen molar-refractivity contribution in [2.24, 2.45) is 11.8 Å². The van der Waals surface area contributed by atoms with Crippen LogP contribution < -0.4 is 5.32 Å². The zero-order valence-electron chi connectivity index (χ0n) is 17.8. The van der Waals surface area contributed by atoms with Crippen molar-refractivity contribution in [3.05, 3.63) is 51.9 Å². The molecule has 2 unspecified atom stereocenters. The van der Waals surface area contributed by atoms with Gasteiger partial charge in [-0.3, -0.25) is 9.59 Å². The molecule has 0 aliphatic heterocycles. The minimum atomic E-state index is -1.07. The van der Waals surface area contributed by atoms with E-state index in [1.54, 1.807) is 31.2 Å². The first-order chi connectivity index (χ1) is 15.0. The highest BCUT2D eigenvalue weighted by molar-refractivity contribution is 7.17. The molecule has 6 nitrogen and oxygen atoms in total. The summed E-state index contributed by atoms with van der Waals surface area (Å²) in [6, 6.07) is 8.97. The number of esters is 2. The van der Waals surface area contributed by atoms with Crippen LogP contribution in [0.1, 0.15) is 65.6 Å². The molecule has 1 aromatic carbocycles. The molecule has 2 aliphatic carbocycles. The third kappa shape index (κ3) is 4.82. The number of anilines is 1. The molecule has 2 aromatic rings. The number of carbonyl (C=O) groups is 3. The number of thiophene rings is 1. The van der Waals surface area contributed by atoms with Gasteiger partial charge in [-0.2, -0.15) is 0 Å². The third-order valence-electron chi connectivity index (χ3n) is 5.71. The van der Waals surface area contributed by atoms with Gasteiger partial charge in [-0.25, -0.2) is 4.79 Å². The van der Waals surface area contributed by atoms with E-state index < -0.39 is 18.0 Å². The topological polar surface area (TPSA) is 81.7 Å². The molecule has 0 radical (unpaired) electrons. The number of hydrogen-bond donors (Lipinski definition) is 1. The Hall–Kier alpha value is -2.67. The Labute approximate surface area is 185 Å². The zero-order valence-corrected chi connectivity index (χ0v) is 18.6. The average molecular weight is 442 g/mol. The average Bonchev–Trinajstić information content (AvgIpc) is 3.54. The molecule has 2 aliphatic rings. The molecule has 1 heterocycles. The maximum atomic E-state index is 13.3. The van der Waals surface area contributed by atoms with Crippen LogP contribution in [0.15, 0.2) is 30.3 Å². The van der Waals surface area contributed by atoms with Gasteiger partial charge in [0, 0.05) is 10.4 Å². The molecule has 0 spiro atoms. The van der Waals surface area contributed by atoms with Gasteiger partial charge in [-0.1, -0.05) is 37.3 Å². The van der Waals surface area contributed by atoms with E-state index in [4.69, 9.17) is 9.47 Å². The molecular formula is C24H27NO5S. The number of nitrogens with one attached hydrogen (secondary N) is 1. The number of rotatable bonds is 7. The van der Waals surface area contributed by atoms with Crippen molar-refractivity contribution < 1.29 is 23.9 Å². The maximum absolute atomic E-state index is 13.3. The molecule has 1 aromatic heterocycles. The molecule has 1 N–H and O–H groups in total. The van der Waals surface area contributed by atoms with E-state index >= 15 is 0 Å². The molecule has 1 saturated carbocycles. The lowest BCUT2D eigenvalue weighted by Crippen LogP contribution is -2.27. The van der Waals surface area contributed by atoms with Crippen LogP contribution in [0.25, 0.3) is 0 Å². The molecule has 4 rings (SSSR count). The number of ether oxygens (including phenoxy) is 2. The van der Waals surface area contributed by atoms with Crippen molar-refractivity contribution >= 4 is 34.2 Å². The summed E-state index contributed by atoms with van der Waals surface area (Å²) >= 11 is 1.43. The van der Waals surface area contributed by atoms with E-state index in [1.165, 1.54) is 11.3 Å². The molecule has 1 amide bonds. The summed E-state index contributed by atoms with van der Waals surface area (Å²) in [7, 11) is 0. The number of carbonyl (C=O) groups excluding carboxylic acids is 3. The first kappa shape index (κ1) is 21.6. The van der Waals surface area contributed by atoms with Crippen molar-refractivity contribution in [3.8, 4) is 0 Å². The Kier molecular flexibility index (Phi) is 6.41. The van der Waals surface area contributed by atoms with Crippen LogP contribution >= 0.6 is 11.3 Å². The lowest BCUT2D eigenvalue weighted by molar-refractivity contribution is -0.156. The normalized spacial score (nSPS) is 18.6. The fourth-order valence-corrected chi connectivity index (χ4v) is 5.27. The summed E-state index contributed by atoms with van der Waals surface area (Å²) < 4.78 is 10.9. The van der Waals surface area contributed by atoms with Gasteiger partial charge in [0.1, 0.15) is 5.00 Å². The van der Waals surface area contributed by atoms with Crippen LogP contribution in [0.5, 0.6) is 0 Å². The quantitative estimate of drug-likeness (QED) is 0.631. The smallest absolute Gasteiger partial charge is 0.341 e. The minimum Gasteiger partial charge on any atom is -0.462 e. The highest BCUT2D eigenvalue weighted by Crippen LogP contribution is 2.41. The van der Waals surface area contributed by atoms with Crippen molar-refractivity contribution in [2.75, 3.05) is 11.9 Å². The van der Waals surface area contributed by atoms with Gasteiger partial charge in [0.2, 0.25) is 6.10 Å². The molecule has 1 fully saturated rings. The standard InChI is InChI=1S/C24H27NO5S/c1-3-29-24(28)19-17-12-9-14(2)13-18(17)31-22(19)25-21(26)20(15-7-5-4-6-8-15)30-23(27)16-10-11-16/h4-8,14,16,20H,3,9-13H2,1-2H3,(H,25,26). The van der Waals surface area contributed by atoms with Crippen molar-refractivity contribution in [2.45, 2.75) is 52.1 Å². The highest BCUT2D eigenvalue weighted by atomic mass is 32.1. The summed E-state index contributed by atoms with van der Waals surface area (Å²) in [5.41, 5.74) is 2.02. The van der Waals surface area contributed by atoms with Gasteiger partial charge in [0.05, 0.1) is 18.1 Å². The highest BCUT2D eigenvalue weighted by Gasteiger charge is 2.36. The maximum Gasteiger partial charge on any atom is 0.341 e. The molecule has 2 atom stereocenters.